The Morgan fingerprint density at radius 2 is 2.08 bits per heavy atom. The molecular weight excluding hydrogens is 152 g/mol. The van der Waals surface area contributed by atoms with Gasteiger partial charge in [-0.15, -0.1) is 0 Å². The van der Waals surface area contributed by atoms with Crippen molar-refractivity contribution < 1.29 is 4.79 Å². The van der Waals surface area contributed by atoms with Crippen LogP contribution < -0.4 is 11.1 Å². The van der Waals surface area contributed by atoms with Gasteiger partial charge in [0.2, 0.25) is 5.91 Å². The Kier molecular flexibility index (Phi) is 4.24. The van der Waals surface area contributed by atoms with E-state index in [2.05, 4.69) is 26.1 Å². The van der Waals surface area contributed by atoms with E-state index >= 15 is 0 Å². The van der Waals surface area contributed by atoms with Gasteiger partial charge in [-0.3, -0.25) is 4.79 Å². The molecule has 0 aromatic carbocycles. The van der Waals surface area contributed by atoms with Crippen LogP contribution in [-0.4, -0.2) is 17.5 Å². The van der Waals surface area contributed by atoms with E-state index in [-0.39, 0.29) is 17.5 Å². The first-order valence-electron chi connectivity index (χ1n) is 4.46. The summed E-state index contributed by atoms with van der Waals surface area (Å²) in [6.45, 7) is 8.07. The fourth-order valence-electron chi connectivity index (χ4n) is 1.35. The molecule has 0 aromatic heterocycles. The molecule has 0 aliphatic rings. The second-order valence-corrected chi connectivity index (χ2v) is 3.90. The summed E-state index contributed by atoms with van der Waals surface area (Å²) in [7, 11) is 0. The average molecular weight is 172 g/mol. The summed E-state index contributed by atoms with van der Waals surface area (Å²) in [5.41, 5.74) is 5.14. The van der Waals surface area contributed by atoms with Gasteiger partial charge in [0.25, 0.3) is 0 Å². The maximum Gasteiger partial charge on any atom is 0.234 e. The van der Waals surface area contributed by atoms with Crippen LogP contribution in [0.3, 0.4) is 0 Å². The molecule has 0 aliphatic carbocycles. The molecule has 3 nitrogen and oxygen atoms in total. The third kappa shape index (κ3) is 4.34. The second kappa shape index (κ2) is 4.45. The lowest BCUT2D eigenvalue weighted by molar-refractivity contribution is -0.120. The standard InChI is InChI=1S/C9H20N2O/c1-5-6-9(3,4)11-7(2)8(10)12/h7,11H,5-6H2,1-4H3,(H2,10,12). The minimum atomic E-state index is -0.292. The van der Waals surface area contributed by atoms with Gasteiger partial charge in [0, 0.05) is 5.54 Å². The monoisotopic (exact) mass is 172 g/mol. The SMILES string of the molecule is CCCC(C)(C)NC(C)C(N)=O. The summed E-state index contributed by atoms with van der Waals surface area (Å²) in [6, 6.07) is -0.244. The molecule has 0 spiro atoms. The lowest BCUT2D eigenvalue weighted by Gasteiger charge is -2.28. The summed E-state index contributed by atoms with van der Waals surface area (Å²) in [4.78, 5) is 10.7. The van der Waals surface area contributed by atoms with Crippen LogP contribution in [0, 0.1) is 0 Å². The summed E-state index contributed by atoms with van der Waals surface area (Å²) < 4.78 is 0. The molecule has 0 saturated carbocycles. The molecule has 0 aromatic rings. The molecule has 0 aliphatic heterocycles. The molecule has 0 heterocycles. The first kappa shape index (κ1) is 11.4. The zero-order valence-electron chi connectivity index (χ0n) is 8.48. The van der Waals surface area contributed by atoms with Crippen molar-refractivity contribution in [2.45, 2.75) is 52.1 Å². The van der Waals surface area contributed by atoms with E-state index in [0.717, 1.165) is 12.8 Å². The van der Waals surface area contributed by atoms with Gasteiger partial charge in [-0.1, -0.05) is 13.3 Å². The van der Waals surface area contributed by atoms with Crippen LogP contribution in [0.5, 0.6) is 0 Å². The van der Waals surface area contributed by atoms with E-state index in [4.69, 9.17) is 5.73 Å². The van der Waals surface area contributed by atoms with E-state index in [1.54, 1.807) is 6.92 Å². The number of hydrogen-bond acceptors (Lipinski definition) is 2. The quantitative estimate of drug-likeness (QED) is 0.650. The fourth-order valence-corrected chi connectivity index (χ4v) is 1.35. The van der Waals surface area contributed by atoms with Crippen LogP contribution in [0.2, 0.25) is 0 Å². The van der Waals surface area contributed by atoms with Gasteiger partial charge < -0.3 is 11.1 Å². The Morgan fingerprint density at radius 1 is 1.58 bits per heavy atom. The van der Waals surface area contributed by atoms with Crippen molar-refractivity contribution >= 4 is 5.91 Å². The highest BCUT2D eigenvalue weighted by molar-refractivity contribution is 5.79. The van der Waals surface area contributed by atoms with E-state index in [1.165, 1.54) is 0 Å². The summed E-state index contributed by atoms with van der Waals surface area (Å²) in [5, 5.41) is 3.18. The molecule has 0 bridgehead atoms. The van der Waals surface area contributed by atoms with Crippen molar-refractivity contribution in [3.63, 3.8) is 0 Å². The summed E-state index contributed by atoms with van der Waals surface area (Å²) in [6.07, 6.45) is 2.15. The lowest BCUT2D eigenvalue weighted by atomic mass is 9.98. The van der Waals surface area contributed by atoms with Gasteiger partial charge >= 0.3 is 0 Å². The first-order valence-corrected chi connectivity index (χ1v) is 4.46. The number of carbonyl (C=O) groups is 1. The zero-order valence-corrected chi connectivity index (χ0v) is 8.48. The van der Waals surface area contributed by atoms with E-state index in [0.29, 0.717) is 0 Å². The maximum atomic E-state index is 10.7. The molecule has 0 radical (unpaired) electrons. The Bertz CT molecular complexity index is 155. The zero-order chi connectivity index (χ0) is 9.78. The number of rotatable bonds is 5. The number of primary amides is 1. The normalized spacial score (nSPS) is 14.3. The minimum Gasteiger partial charge on any atom is -0.368 e. The van der Waals surface area contributed by atoms with Crippen LogP contribution >= 0.6 is 0 Å². The topological polar surface area (TPSA) is 55.1 Å². The van der Waals surface area contributed by atoms with Crippen molar-refractivity contribution in [2.75, 3.05) is 0 Å². The van der Waals surface area contributed by atoms with Crippen molar-refractivity contribution in [3.05, 3.63) is 0 Å². The highest BCUT2D eigenvalue weighted by Crippen LogP contribution is 2.11. The highest BCUT2D eigenvalue weighted by Gasteiger charge is 2.20. The molecule has 12 heavy (non-hydrogen) atoms. The Morgan fingerprint density at radius 3 is 2.42 bits per heavy atom. The van der Waals surface area contributed by atoms with Gasteiger partial charge in [0.1, 0.15) is 0 Å². The molecular formula is C9H20N2O. The average Bonchev–Trinajstić information content (AvgIpc) is 1.85. The second-order valence-electron chi connectivity index (χ2n) is 3.90. The molecule has 1 atom stereocenters. The van der Waals surface area contributed by atoms with Crippen molar-refractivity contribution in [1.29, 1.82) is 0 Å². The van der Waals surface area contributed by atoms with Gasteiger partial charge in [-0.2, -0.15) is 0 Å². The number of nitrogens with one attached hydrogen (secondary N) is 1. The van der Waals surface area contributed by atoms with Crippen LogP contribution in [-0.2, 0) is 4.79 Å². The smallest absolute Gasteiger partial charge is 0.234 e. The lowest BCUT2D eigenvalue weighted by Crippen LogP contribution is -2.50. The molecule has 1 amide bonds. The van der Waals surface area contributed by atoms with Gasteiger partial charge in [-0.25, -0.2) is 0 Å². The summed E-state index contributed by atoms with van der Waals surface area (Å²) >= 11 is 0. The van der Waals surface area contributed by atoms with E-state index in [9.17, 15) is 4.79 Å². The van der Waals surface area contributed by atoms with Crippen LogP contribution in [0.25, 0.3) is 0 Å². The number of amides is 1. The van der Waals surface area contributed by atoms with Gasteiger partial charge in [-0.05, 0) is 27.2 Å². The van der Waals surface area contributed by atoms with E-state index < -0.39 is 0 Å². The number of carbonyl (C=O) groups excluding carboxylic acids is 1. The highest BCUT2D eigenvalue weighted by atomic mass is 16.1. The number of hydrogen-bond donors (Lipinski definition) is 2. The Hall–Kier alpha value is -0.570. The molecule has 0 saturated heterocycles. The Balaban J connectivity index is 3.95. The van der Waals surface area contributed by atoms with Crippen molar-refractivity contribution in [3.8, 4) is 0 Å². The predicted molar refractivity (Wildman–Crippen MR) is 50.8 cm³/mol. The largest absolute Gasteiger partial charge is 0.368 e. The van der Waals surface area contributed by atoms with Crippen molar-refractivity contribution in [2.24, 2.45) is 5.73 Å². The van der Waals surface area contributed by atoms with E-state index in [1.807, 2.05) is 0 Å². The predicted octanol–water partition coefficient (Wildman–Crippen LogP) is 1.03. The molecule has 0 fully saturated rings. The van der Waals surface area contributed by atoms with Crippen LogP contribution in [0.1, 0.15) is 40.5 Å². The third-order valence-corrected chi connectivity index (χ3v) is 1.91. The Labute approximate surface area is 74.7 Å². The molecule has 0 rings (SSSR count). The van der Waals surface area contributed by atoms with Crippen molar-refractivity contribution in [1.82, 2.24) is 5.32 Å². The number of nitrogens with two attached hydrogens (primary N) is 1. The molecule has 3 heteroatoms. The minimum absolute atomic E-state index is 0.00317. The maximum absolute atomic E-state index is 10.7. The molecule has 3 N–H and O–H groups in total. The van der Waals surface area contributed by atoms with Gasteiger partial charge in [0.05, 0.1) is 6.04 Å². The molecule has 72 valence electrons. The van der Waals surface area contributed by atoms with Crippen LogP contribution in [0.15, 0.2) is 0 Å². The first-order chi connectivity index (χ1) is 5.39. The third-order valence-electron chi connectivity index (χ3n) is 1.91. The van der Waals surface area contributed by atoms with Crippen LogP contribution in [0.4, 0.5) is 0 Å². The summed E-state index contributed by atoms with van der Waals surface area (Å²) in [5.74, 6) is -0.292. The molecule has 1 unspecified atom stereocenters. The van der Waals surface area contributed by atoms with Gasteiger partial charge in [0.15, 0.2) is 0 Å². The fraction of sp³-hybridized carbons (Fsp3) is 0.889.